The molecule has 0 saturated heterocycles. The number of ketones is 2. The monoisotopic (exact) mass is 333 g/mol. The summed E-state index contributed by atoms with van der Waals surface area (Å²) in [5.41, 5.74) is 2.49. The summed E-state index contributed by atoms with van der Waals surface area (Å²) in [6.07, 6.45) is 1.82. The van der Waals surface area contributed by atoms with Crippen molar-refractivity contribution in [3.8, 4) is 6.07 Å². The number of aromatic nitrogens is 2. The molecule has 0 radical (unpaired) electrons. The zero-order valence-corrected chi connectivity index (χ0v) is 13.6. The Hall–Kier alpha value is -3.20. The van der Waals surface area contributed by atoms with Gasteiger partial charge in [-0.1, -0.05) is 12.1 Å². The van der Waals surface area contributed by atoms with E-state index in [-0.39, 0.29) is 17.4 Å². The van der Waals surface area contributed by atoms with Gasteiger partial charge in [0.25, 0.3) is 0 Å². The van der Waals surface area contributed by atoms with Crippen LogP contribution in [0.4, 0.5) is 0 Å². The molecule has 2 aromatic heterocycles. The highest BCUT2D eigenvalue weighted by atomic mass is 16.3. The van der Waals surface area contributed by atoms with Gasteiger partial charge in [-0.15, -0.1) is 0 Å². The van der Waals surface area contributed by atoms with E-state index in [0.29, 0.717) is 35.2 Å². The topological polar surface area (TPSA) is 99.8 Å². The molecule has 4 rings (SSSR count). The average Bonchev–Trinajstić information content (AvgIpc) is 3.17. The van der Waals surface area contributed by atoms with Crippen molar-refractivity contribution < 1.29 is 14.0 Å². The van der Waals surface area contributed by atoms with Crippen LogP contribution in [0.1, 0.15) is 56.8 Å². The SMILES string of the molecule is Cc1c(C(=O)C(C#N)c2nc3ccccc3[nH]2)oc2c1C(=O)CCC2. The first-order chi connectivity index (χ1) is 12.1. The van der Waals surface area contributed by atoms with Crippen molar-refractivity contribution >= 4 is 22.6 Å². The minimum absolute atomic E-state index is 0.00112. The second-order valence-electron chi connectivity index (χ2n) is 6.20. The lowest BCUT2D eigenvalue weighted by Crippen LogP contribution is -2.13. The second kappa shape index (κ2) is 5.71. The fourth-order valence-electron chi connectivity index (χ4n) is 3.37. The first-order valence-electron chi connectivity index (χ1n) is 8.14. The minimum atomic E-state index is -1.10. The number of carbonyl (C=O) groups is 2. The van der Waals surface area contributed by atoms with Gasteiger partial charge in [-0.25, -0.2) is 4.98 Å². The number of para-hydroxylation sites is 2. The fraction of sp³-hybridized carbons (Fsp3) is 0.263. The van der Waals surface area contributed by atoms with Gasteiger partial charge in [0.05, 0.1) is 22.7 Å². The molecule has 0 bridgehead atoms. The predicted molar refractivity (Wildman–Crippen MR) is 89.5 cm³/mol. The van der Waals surface area contributed by atoms with Gasteiger partial charge >= 0.3 is 0 Å². The van der Waals surface area contributed by atoms with E-state index in [1.165, 1.54) is 0 Å². The van der Waals surface area contributed by atoms with Crippen molar-refractivity contribution in [3.05, 3.63) is 52.7 Å². The van der Waals surface area contributed by atoms with E-state index in [1.54, 1.807) is 6.92 Å². The van der Waals surface area contributed by atoms with Gasteiger partial charge < -0.3 is 9.40 Å². The molecule has 1 N–H and O–H groups in total. The van der Waals surface area contributed by atoms with E-state index in [4.69, 9.17) is 4.42 Å². The van der Waals surface area contributed by atoms with E-state index in [2.05, 4.69) is 9.97 Å². The molecule has 1 aliphatic carbocycles. The Morgan fingerprint density at radius 3 is 2.88 bits per heavy atom. The molecule has 124 valence electrons. The summed E-state index contributed by atoms with van der Waals surface area (Å²) in [7, 11) is 0. The lowest BCUT2D eigenvalue weighted by atomic mass is 9.92. The second-order valence-corrected chi connectivity index (χ2v) is 6.20. The van der Waals surface area contributed by atoms with Crippen LogP contribution < -0.4 is 0 Å². The molecular weight excluding hydrogens is 318 g/mol. The lowest BCUT2D eigenvalue weighted by Gasteiger charge is -2.07. The number of hydrogen-bond acceptors (Lipinski definition) is 5. The summed E-state index contributed by atoms with van der Waals surface area (Å²) in [6, 6.07) is 9.34. The maximum Gasteiger partial charge on any atom is 0.223 e. The standard InChI is InChI=1S/C19H15N3O3/c1-10-16-14(23)7-4-8-15(16)25-18(10)17(24)11(9-20)19-21-12-5-2-3-6-13(12)22-19/h2-3,5-6,11H,4,7-8H2,1H3,(H,21,22). The van der Waals surface area contributed by atoms with Gasteiger partial charge in [0.2, 0.25) is 5.78 Å². The number of hydrogen-bond donors (Lipinski definition) is 1. The first kappa shape index (κ1) is 15.3. The van der Waals surface area contributed by atoms with Crippen LogP contribution in [0.3, 0.4) is 0 Å². The van der Waals surface area contributed by atoms with Crippen LogP contribution >= 0.6 is 0 Å². The normalized spacial score (nSPS) is 15.0. The largest absolute Gasteiger partial charge is 0.457 e. The van der Waals surface area contributed by atoms with Crippen LogP contribution in [-0.2, 0) is 6.42 Å². The summed E-state index contributed by atoms with van der Waals surface area (Å²) in [6.45, 7) is 1.70. The van der Waals surface area contributed by atoms with Crippen molar-refractivity contribution in [3.63, 3.8) is 0 Å². The molecule has 1 aromatic carbocycles. The Labute approximate surface area is 143 Å². The molecule has 1 aliphatic rings. The highest BCUT2D eigenvalue weighted by Crippen LogP contribution is 2.32. The van der Waals surface area contributed by atoms with Gasteiger partial charge in [-0.3, -0.25) is 9.59 Å². The highest BCUT2D eigenvalue weighted by molar-refractivity contribution is 6.06. The van der Waals surface area contributed by atoms with Gasteiger partial charge in [0.1, 0.15) is 11.6 Å². The van der Waals surface area contributed by atoms with Gasteiger partial charge in [0, 0.05) is 18.4 Å². The fourth-order valence-corrected chi connectivity index (χ4v) is 3.37. The molecule has 6 nitrogen and oxygen atoms in total. The van der Waals surface area contributed by atoms with Crippen molar-refractivity contribution in [2.75, 3.05) is 0 Å². The smallest absolute Gasteiger partial charge is 0.223 e. The van der Waals surface area contributed by atoms with Crippen molar-refractivity contribution in [2.45, 2.75) is 32.1 Å². The van der Waals surface area contributed by atoms with Gasteiger partial charge in [-0.05, 0) is 25.5 Å². The number of Topliss-reactive ketones (excluding diaryl/α,β-unsaturated/α-hetero) is 2. The summed E-state index contributed by atoms with van der Waals surface area (Å²) < 4.78 is 5.68. The molecule has 0 aliphatic heterocycles. The van der Waals surface area contributed by atoms with Crippen LogP contribution in [-0.4, -0.2) is 21.5 Å². The van der Waals surface area contributed by atoms with Crippen molar-refractivity contribution in [1.82, 2.24) is 9.97 Å². The van der Waals surface area contributed by atoms with E-state index in [9.17, 15) is 14.9 Å². The van der Waals surface area contributed by atoms with E-state index in [1.807, 2.05) is 30.3 Å². The van der Waals surface area contributed by atoms with Crippen LogP contribution in [0, 0.1) is 18.3 Å². The summed E-state index contributed by atoms with van der Waals surface area (Å²) in [5, 5.41) is 9.54. The molecule has 6 heteroatoms. The number of nitrogens with zero attached hydrogens (tertiary/aromatic N) is 2. The van der Waals surface area contributed by atoms with E-state index >= 15 is 0 Å². The van der Waals surface area contributed by atoms with Gasteiger partial charge in [-0.2, -0.15) is 5.26 Å². The number of fused-ring (bicyclic) bond motifs is 2. The van der Waals surface area contributed by atoms with Crippen LogP contribution in [0.15, 0.2) is 28.7 Å². The first-order valence-corrected chi connectivity index (χ1v) is 8.14. The van der Waals surface area contributed by atoms with Crippen LogP contribution in [0.5, 0.6) is 0 Å². The number of nitriles is 1. The third-order valence-corrected chi connectivity index (χ3v) is 4.60. The number of nitrogens with one attached hydrogen (secondary N) is 1. The number of carbonyl (C=O) groups excluding carboxylic acids is 2. The van der Waals surface area contributed by atoms with Gasteiger partial charge in [0.15, 0.2) is 17.5 Å². The number of imidazole rings is 1. The number of aryl methyl sites for hydroxylation is 1. The summed E-state index contributed by atoms with van der Waals surface area (Å²) >= 11 is 0. The van der Waals surface area contributed by atoms with E-state index < -0.39 is 11.7 Å². The molecular formula is C19H15N3O3. The summed E-state index contributed by atoms with van der Waals surface area (Å²) in [5.74, 6) is -0.645. The zero-order chi connectivity index (χ0) is 17.6. The number of aromatic amines is 1. The Bertz CT molecular complexity index is 1020. The quantitative estimate of drug-likeness (QED) is 0.740. The predicted octanol–water partition coefficient (Wildman–Crippen LogP) is 3.47. The Morgan fingerprint density at radius 2 is 2.16 bits per heavy atom. The Balaban J connectivity index is 1.76. The molecule has 1 unspecified atom stereocenters. The maximum absolute atomic E-state index is 12.9. The Kier molecular flexibility index (Phi) is 3.50. The molecule has 0 amide bonds. The molecule has 0 spiro atoms. The number of benzene rings is 1. The third kappa shape index (κ3) is 2.36. The molecule has 1 atom stereocenters. The average molecular weight is 333 g/mol. The highest BCUT2D eigenvalue weighted by Gasteiger charge is 2.33. The Morgan fingerprint density at radius 1 is 1.36 bits per heavy atom. The number of rotatable bonds is 3. The minimum Gasteiger partial charge on any atom is -0.457 e. The van der Waals surface area contributed by atoms with Crippen molar-refractivity contribution in [2.24, 2.45) is 0 Å². The summed E-state index contributed by atoms with van der Waals surface area (Å²) in [4.78, 5) is 32.4. The number of H-pyrrole nitrogens is 1. The zero-order valence-electron chi connectivity index (χ0n) is 13.6. The van der Waals surface area contributed by atoms with Crippen LogP contribution in [0.2, 0.25) is 0 Å². The third-order valence-electron chi connectivity index (χ3n) is 4.60. The molecule has 2 heterocycles. The molecule has 25 heavy (non-hydrogen) atoms. The lowest BCUT2D eigenvalue weighted by molar-refractivity contribution is 0.0940. The van der Waals surface area contributed by atoms with E-state index in [0.717, 1.165) is 11.9 Å². The molecule has 0 saturated carbocycles. The molecule has 0 fully saturated rings. The molecule has 3 aromatic rings. The van der Waals surface area contributed by atoms with Crippen LogP contribution in [0.25, 0.3) is 11.0 Å². The number of furan rings is 1. The maximum atomic E-state index is 12.9. The van der Waals surface area contributed by atoms with Crippen molar-refractivity contribution in [1.29, 1.82) is 5.26 Å².